The number of fused-ring (bicyclic) bond motifs is 3. The van der Waals surface area contributed by atoms with Gasteiger partial charge in [-0.05, 0) is 11.6 Å². The maximum Gasteiger partial charge on any atom is 0.172 e. The van der Waals surface area contributed by atoms with Crippen LogP contribution in [0.25, 0.3) is 11.1 Å². The van der Waals surface area contributed by atoms with Crippen molar-refractivity contribution < 1.29 is 4.57 Å². The van der Waals surface area contributed by atoms with E-state index in [1.807, 2.05) is 66.7 Å². The maximum atomic E-state index is 14.0. The van der Waals surface area contributed by atoms with Crippen LogP contribution in [0.1, 0.15) is 0 Å². The van der Waals surface area contributed by atoms with E-state index in [1.54, 1.807) is 0 Å². The monoisotopic (exact) mass is 354 g/mol. The van der Waals surface area contributed by atoms with Gasteiger partial charge in [-0.15, -0.1) is 0 Å². The summed E-state index contributed by atoms with van der Waals surface area (Å²) >= 11 is 3.62. The van der Waals surface area contributed by atoms with Gasteiger partial charge in [0, 0.05) is 25.9 Å². The van der Waals surface area contributed by atoms with E-state index in [-0.39, 0.29) is 0 Å². The highest BCUT2D eigenvalue weighted by Gasteiger charge is 2.40. The molecule has 3 heteroatoms. The van der Waals surface area contributed by atoms with Crippen LogP contribution in [-0.4, -0.2) is 0 Å². The van der Waals surface area contributed by atoms with Crippen molar-refractivity contribution in [2.24, 2.45) is 0 Å². The topological polar surface area (TPSA) is 17.1 Å². The summed E-state index contributed by atoms with van der Waals surface area (Å²) in [6.07, 6.45) is 0. The first kappa shape index (κ1) is 13.1. The van der Waals surface area contributed by atoms with E-state index in [1.165, 1.54) is 0 Å². The van der Waals surface area contributed by atoms with Crippen LogP contribution in [0.15, 0.2) is 77.3 Å². The van der Waals surface area contributed by atoms with Gasteiger partial charge in [-0.1, -0.05) is 82.7 Å². The Balaban J connectivity index is 2.16. The highest BCUT2D eigenvalue weighted by atomic mass is 79.9. The van der Waals surface area contributed by atoms with E-state index in [0.29, 0.717) is 0 Å². The van der Waals surface area contributed by atoms with Crippen LogP contribution < -0.4 is 15.9 Å². The molecule has 0 fully saturated rings. The van der Waals surface area contributed by atoms with Crippen molar-refractivity contribution in [3.8, 4) is 11.1 Å². The van der Waals surface area contributed by atoms with Gasteiger partial charge in [0.05, 0.1) is 0 Å². The molecule has 1 unspecified atom stereocenters. The molecule has 0 saturated heterocycles. The standard InChI is InChI=1S/C18H12BrOP/c19-15-10-6-12-17-18(15)14-9-4-5-11-16(14)21(17,20)13-7-2-1-3-8-13/h1-12H. The lowest BCUT2D eigenvalue weighted by molar-refractivity contribution is 0.593. The second-order valence-electron chi connectivity index (χ2n) is 5.10. The van der Waals surface area contributed by atoms with Gasteiger partial charge >= 0.3 is 0 Å². The number of halogens is 1. The summed E-state index contributed by atoms with van der Waals surface area (Å²) in [6, 6.07) is 23.8. The van der Waals surface area contributed by atoms with E-state index >= 15 is 0 Å². The van der Waals surface area contributed by atoms with Crippen molar-refractivity contribution in [2.75, 3.05) is 0 Å². The van der Waals surface area contributed by atoms with Crippen LogP contribution in [0.2, 0.25) is 0 Å². The van der Waals surface area contributed by atoms with Crippen molar-refractivity contribution in [1.29, 1.82) is 0 Å². The molecule has 0 spiro atoms. The van der Waals surface area contributed by atoms with Crippen LogP contribution >= 0.6 is 23.1 Å². The zero-order valence-corrected chi connectivity index (χ0v) is 13.6. The SMILES string of the molecule is O=P1(c2ccccc2)c2ccccc2-c2c(Br)cccc21. The predicted octanol–water partition coefficient (Wildman–Crippen LogP) is 4.07. The number of rotatable bonds is 1. The molecule has 1 atom stereocenters. The fraction of sp³-hybridized carbons (Fsp3) is 0. The van der Waals surface area contributed by atoms with E-state index in [4.69, 9.17) is 0 Å². The van der Waals surface area contributed by atoms with Gasteiger partial charge < -0.3 is 4.57 Å². The van der Waals surface area contributed by atoms with E-state index < -0.39 is 7.14 Å². The minimum Gasteiger partial charge on any atom is -0.309 e. The average molecular weight is 355 g/mol. The summed E-state index contributed by atoms with van der Waals surface area (Å²) in [5.41, 5.74) is 2.15. The maximum absolute atomic E-state index is 14.0. The zero-order chi connectivity index (χ0) is 14.4. The lowest BCUT2D eigenvalue weighted by atomic mass is 10.1. The minimum absolute atomic E-state index is 0.898. The number of benzene rings is 3. The third-order valence-electron chi connectivity index (χ3n) is 3.96. The summed E-state index contributed by atoms with van der Waals surface area (Å²) in [5, 5.41) is 2.77. The third kappa shape index (κ3) is 1.73. The van der Waals surface area contributed by atoms with Gasteiger partial charge in [-0.3, -0.25) is 0 Å². The summed E-state index contributed by atoms with van der Waals surface area (Å²) in [4.78, 5) is 0. The Kier molecular flexibility index (Phi) is 2.92. The predicted molar refractivity (Wildman–Crippen MR) is 92.5 cm³/mol. The Morgan fingerprint density at radius 1 is 0.714 bits per heavy atom. The molecule has 0 radical (unpaired) electrons. The molecule has 0 saturated carbocycles. The van der Waals surface area contributed by atoms with E-state index in [2.05, 4.69) is 22.0 Å². The molecule has 1 heterocycles. The lowest BCUT2D eigenvalue weighted by Crippen LogP contribution is -2.20. The molecule has 4 rings (SSSR count). The van der Waals surface area contributed by atoms with E-state index in [9.17, 15) is 4.57 Å². The molecule has 1 nitrogen and oxygen atoms in total. The third-order valence-corrected chi connectivity index (χ3v) is 7.77. The highest BCUT2D eigenvalue weighted by Crippen LogP contribution is 2.53. The molecule has 0 aromatic heterocycles. The Labute approximate surface area is 132 Å². The van der Waals surface area contributed by atoms with Crippen LogP contribution in [0.3, 0.4) is 0 Å². The summed E-state index contributed by atoms with van der Waals surface area (Å²) in [6.45, 7) is 0. The van der Waals surface area contributed by atoms with Gasteiger partial charge in [0.15, 0.2) is 7.14 Å². The zero-order valence-electron chi connectivity index (χ0n) is 11.2. The minimum atomic E-state index is -2.76. The molecule has 1 aliphatic rings. The smallest absolute Gasteiger partial charge is 0.172 e. The van der Waals surface area contributed by atoms with Crippen molar-refractivity contribution in [3.63, 3.8) is 0 Å². The number of hydrogen-bond donors (Lipinski definition) is 0. The summed E-state index contributed by atoms with van der Waals surface area (Å²) in [5.74, 6) is 0. The highest BCUT2D eigenvalue weighted by molar-refractivity contribution is 9.10. The Morgan fingerprint density at radius 2 is 1.38 bits per heavy atom. The fourth-order valence-corrected chi connectivity index (χ4v) is 6.86. The first-order valence-electron chi connectivity index (χ1n) is 6.77. The largest absolute Gasteiger partial charge is 0.309 e. The fourth-order valence-electron chi connectivity index (χ4n) is 3.05. The normalized spacial score (nSPS) is 19.1. The molecule has 3 aromatic carbocycles. The van der Waals surface area contributed by atoms with Gasteiger partial charge in [-0.2, -0.15) is 0 Å². The quantitative estimate of drug-likeness (QED) is 0.471. The van der Waals surface area contributed by atoms with Crippen molar-refractivity contribution >= 4 is 39.0 Å². The molecule has 102 valence electrons. The molecule has 3 aromatic rings. The van der Waals surface area contributed by atoms with Gasteiger partial charge in [0.1, 0.15) is 0 Å². The van der Waals surface area contributed by atoms with E-state index in [0.717, 1.165) is 31.5 Å². The van der Waals surface area contributed by atoms with Crippen molar-refractivity contribution in [3.05, 3.63) is 77.3 Å². The Hall–Kier alpha value is -1.63. The van der Waals surface area contributed by atoms with Gasteiger partial charge in [0.2, 0.25) is 0 Å². The molecule has 0 bridgehead atoms. The van der Waals surface area contributed by atoms with Crippen LogP contribution in [0.4, 0.5) is 0 Å². The molecule has 21 heavy (non-hydrogen) atoms. The molecule has 0 amide bonds. The molecule has 1 aliphatic heterocycles. The average Bonchev–Trinajstić information content (AvgIpc) is 2.81. The molecule has 0 N–H and O–H groups in total. The Morgan fingerprint density at radius 3 is 2.19 bits per heavy atom. The van der Waals surface area contributed by atoms with Crippen LogP contribution in [-0.2, 0) is 4.57 Å². The summed E-state index contributed by atoms with van der Waals surface area (Å²) < 4.78 is 15.0. The summed E-state index contributed by atoms with van der Waals surface area (Å²) in [7, 11) is -2.76. The molecular weight excluding hydrogens is 343 g/mol. The first-order chi connectivity index (χ1) is 10.2. The lowest BCUT2D eigenvalue weighted by Gasteiger charge is -2.15. The van der Waals surface area contributed by atoms with Gasteiger partial charge in [-0.25, -0.2) is 0 Å². The number of hydrogen-bond acceptors (Lipinski definition) is 1. The van der Waals surface area contributed by atoms with Gasteiger partial charge in [0.25, 0.3) is 0 Å². The molecule has 0 aliphatic carbocycles. The van der Waals surface area contributed by atoms with Crippen molar-refractivity contribution in [2.45, 2.75) is 0 Å². The van der Waals surface area contributed by atoms with Crippen LogP contribution in [0.5, 0.6) is 0 Å². The molecular formula is C18H12BrOP. The first-order valence-corrected chi connectivity index (χ1v) is 9.27. The van der Waals surface area contributed by atoms with Crippen LogP contribution in [0, 0.1) is 0 Å². The second-order valence-corrected chi connectivity index (χ2v) is 8.65. The van der Waals surface area contributed by atoms with Crippen molar-refractivity contribution in [1.82, 2.24) is 0 Å². The Bertz CT molecular complexity index is 887. The second kappa shape index (κ2) is 4.69.